The number of benzene rings is 1. The number of nitrogens with zero attached hydrogens (tertiary/aromatic N) is 1. The Morgan fingerprint density at radius 1 is 1.57 bits per heavy atom. The highest BCUT2D eigenvalue weighted by molar-refractivity contribution is 9.10. The first-order chi connectivity index (χ1) is 10.1. The van der Waals surface area contributed by atoms with E-state index in [1.165, 1.54) is 0 Å². The summed E-state index contributed by atoms with van der Waals surface area (Å²) in [5, 5.41) is 0.480. The van der Waals surface area contributed by atoms with Crippen LogP contribution >= 0.6 is 27.5 Å². The third kappa shape index (κ3) is 4.47. The maximum absolute atomic E-state index is 12.6. The maximum atomic E-state index is 12.6. The van der Waals surface area contributed by atoms with E-state index in [0.717, 1.165) is 23.9 Å². The van der Waals surface area contributed by atoms with Gasteiger partial charge in [-0.05, 0) is 31.0 Å². The number of carbonyl (C=O) groups excluding carboxylic acids is 1. The summed E-state index contributed by atoms with van der Waals surface area (Å²) in [6, 6.07) is 5.32. The van der Waals surface area contributed by atoms with Gasteiger partial charge in [-0.3, -0.25) is 4.79 Å². The van der Waals surface area contributed by atoms with Crippen LogP contribution in [0.25, 0.3) is 0 Å². The molecular formula is C16H17BrClNO2. The lowest BCUT2D eigenvalue weighted by atomic mass is 9.98. The Morgan fingerprint density at radius 3 is 3.14 bits per heavy atom. The molecule has 112 valence electrons. The van der Waals surface area contributed by atoms with Gasteiger partial charge in [0.2, 0.25) is 0 Å². The number of halogens is 2. The Bertz CT molecular complexity index is 556. The molecule has 0 aromatic heterocycles. The van der Waals surface area contributed by atoms with Crippen LogP contribution in [0.4, 0.5) is 0 Å². The first-order valence-corrected chi connectivity index (χ1v) is 8.04. The Labute approximate surface area is 138 Å². The molecule has 1 aromatic rings. The zero-order chi connectivity index (χ0) is 15.2. The average molecular weight is 371 g/mol. The molecular weight excluding hydrogens is 354 g/mol. The van der Waals surface area contributed by atoms with Gasteiger partial charge in [-0.25, -0.2) is 0 Å². The summed E-state index contributed by atoms with van der Waals surface area (Å²) >= 11 is 9.51. The molecule has 2 rings (SSSR count). The van der Waals surface area contributed by atoms with Gasteiger partial charge in [0, 0.05) is 23.5 Å². The quantitative estimate of drug-likeness (QED) is 0.598. The van der Waals surface area contributed by atoms with E-state index in [1.54, 1.807) is 12.1 Å². The molecule has 1 unspecified atom stereocenters. The predicted octanol–water partition coefficient (Wildman–Crippen LogP) is 3.60. The molecule has 0 saturated carbocycles. The van der Waals surface area contributed by atoms with Crippen molar-refractivity contribution >= 4 is 33.4 Å². The fourth-order valence-corrected chi connectivity index (χ4v) is 3.06. The second-order valence-electron chi connectivity index (χ2n) is 5.10. The minimum atomic E-state index is -0.0250. The number of piperidine rings is 1. The zero-order valence-electron chi connectivity index (χ0n) is 11.6. The number of carbonyl (C=O) groups is 1. The molecule has 1 aliphatic heterocycles. The van der Waals surface area contributed by atoms with E-state index in [-0.39, 0.29) is 5.91 Å². The lowest BCUT2D eigenvalue weighted by Crippen LogP contribution is -2.41. The standard InChI is InChI=1S/C16H17BrClNO2/c1-2-8-21-11-12-4-3-7-19(10-12)16(20)14-9-13(17)5-6-15(14)18/h1,5-6,9,12H,3-4,7-8,10-11H2. The predicted molar refractivity (Wildman–Crippen MR) is 87.4 cm³/mol. The molecule has 0 spiro atoms. The molecule has 21 heavy (non-hydrogen) atoms. The van der Waals surface area contributed by atoms with Crippen LogP contribution in [0.5, 0.6) is 0 Å². The smallest absolute Gasteiger partial charge is 0.255 e. The van der Waals surface area contributed by atoms with E-state index in [2.05, 4.69) is 21.9 Å². The third-order valence-electron chi connectivity index (χ3n) is 3.50. The summed E-state index contributed by atoms with van der Waals surface area (Å²) in [6.45, 7) is 2.36. The van der Waals surface area contributed by atoms with Gasteiger partial charge in [-0.2, -0.15) is 0 Å². The molecule has 0 bridgehead atoms. The molecule has 1 aromatic carbocycles. The molecule has 1 aliphatic rings. The highest BCUT2D eigenvalue weighted by Gasteiger charge is 2.25. The molecule has 5 heteroatoms. The molecule has 0 aliphatic carbocycles. The minimum absolute atomic E-state index is 0.0250. The van der Waals surface area contributed by atoms with Gasteiger partial charge in [-0.1, -0.05) is 33.5 Å². The number of hydrogen-bond donors (Lipinski definition) is 0. The molecule has 1 atom stereocenters. The van der Waals surface area contributed by atoms with E-state index in [9.17, 15) is 4.79 Å². The van der Waals surface area contributed by atoms with Crippen LogP contribution in [0, 0.1) is 18.3 Å². The van der Waals surface area contributed by atoms with Crippen molar-refractivity contribution in [2.75, 3.05) is 26.3 Å². The summed E-state index contributed by atoms with van der Waals surface area (Å²) in [4.78, 5) is 14.4. The third-order valence-corrected chi connectivity index (χ3v) is 4.33. The Balaban J connectivity index is 2.02. The molecule has 1 heterocycles. The number of hydrogen-bond acceptors (Lipinski definition) is 2. The zero-order valence-corrected chi connectivity index (χ0v) is 14.0. The van der Waals surface area contributed by atoms with Gasteiger partial charge in [0.25, 0.3) is 5.91 Å². The average Bonchev–Trinajstić information content (AvgIpc) is 2.49. The number of ether oxygens (including phenoxy) is 1. The first-order valence-electron chi connectivity index (χ1n) is 6.87. The van der Waals surface area contributed by atoms with E-state index >= 15 is 0 Å². The maximum Gasteiger partial charge on any atom is 0.255 e. The van der Waals surface area contributed by atoms with Crippen LogP contribution in [0.1, 0.15) is 23.2 Å². The number of likely N-dealkylation sites (tertiary alicyclic amines) is 1. The molecule has 0 radical (unpaired) electrons. The van der Waals surface area contributed by atoms with Gasteiger partial charge < -0.3 is 9.64 Å². The molecule has 1 amide bonds. The van der Waals surface area contributed by atoms with Gasteiger partial charge in [-0.15, -0.1) is 6.42 Å². The highest BCUT2D eigenvalue weighted by Crippen LogP contribution is 2.25. The lowest BCUT2D eigenvalue weighted by molar-refractivity contribution is 0.0534. The Morgan fingerprint density at radius 2 is 2.38 bits per heavy atom. The van der Waals surface area contributed by atoms with Crippen molar-refractivity contribution in [3.05, 3.63) is 33.3 Å². The molecule has 1 saturated heterocycles. The van der Waals surface area contributed by atoms with Crippen molar-refractivity contribution < 1.29 is 9.53 Å². The van der Waals surface area contributed by atoms with Crippen molar-refractivity contribution in [1.29, 1.82) is 0 Å². The minimum Gasteiger partial charge on any atom is -0.368 e. The van der Waals surface area contributed by atoms with E-state index < -0.39 is 0 Å². The monoisotopic (exact) mass is 369 g/mol. The van der Waals surface area contributed by atoms with Gasteiger partial charge >= 0.3 is 0 Å². The number of amides is 1. The fraction of sp³-hybridized carbons (Fsp3) is 0.438. The van der Waals surface area contributed by atoms with Crippen molar-refractivity contribution in [3.8, 4) is 12.3 Å². The van der Waals surface area contributed by atoms with Gasteiger partial charge in [0.15, 0.2) is 0 Å². The molecule has 3 nitrogen and oxygen atoms in total. The van der Waals surface area contributed by atoms with Crippen molar-refractivity contribution in [2.24, 2.45) is 5.92 Å². The van der Waals surface area contributed by atoms with Crippen molar-refractivity contribution in [2.45, 2.75) is 12.8 Å². The normalized spacial score (nSPS) is 18.3. The van der Waals surface area contributed by atoms with E-state index in [0.29, 0.717) is 36.3 Å². The topological polar surface area (TPSA) is 29.5 Å². The SMILES string of the molecule is C#CCOCC1CCCN(C(=O)c2cc(Br)ccc2Cl)C1. The largest absolute Gasteiger partial charge is 0.368 e. The van der Waals surface area contributed by atoms with E-state index in [4.69, 9.17) is 22.8 Å². The lowest BCUT2D eigenvalue weighted by Gasteiger charge is -2.32. The molecule has 0 N–H and O–H groups in total. The Hall–Kier alpha value is -1.02. The van der Waals surface area contributed by atoms with Crippen LogP contribution in [0.15, 0.2) is 22.7 Å². The van der Waals surface area contributed by atoms with Crippen LogP contribution < -0.4 is 0 Å². The highest BCUT2D eigenvalue weighted by atomic mass is 79.9. The summed E-state index contributed by atoms with van der Waals surface area (Å²) in [5.41, 5.74) is 0.538. The van der Waals surface area contributed by atoms with Gasteiger partial charge in [0.1, 0.15) is 6.61 Å². The van der Waals surface area contributed by atoms with Gasteiger partial charge in [0.05, 0.1) is 17.2 Å². The van der Waals surface area contributed by atoms with Crippen LogP contribution in [-0.4, -0.2) is 37.1 Å². The summed E-state index contributed by atoms with van der Waals surface area (Å²) in [6.07, 6.45) is 7.20. The fourth-order valence-electron chi connectivity index (χ4n) is 2.50. The molecule has 1 fully saturated rings. The first kappa shape index (κ1) is 16.4. The number of terminal acetylenes is 1. The second kappa shape index (κ2) is 7.84. The number of rotatable bonds is 4. The summed E-state index contributed by atoms with van der Waals surface area (Å²) in [7, 11) is 0. The van der Waals surface area contributed by atoms with Crippen LogP contribution in [0.3, 0.4) is 0 Å². The van der Waals surface area contributed by atoms with Crippen molar-refractivity contribution in [1.82, 2.24) is 4.90 Å². The summed E-state index contributed by atoms with van der Waals surface area (Å²) in [5.74, 6) is 2.77. The van der Waals surface area contributed by atoms with E-state index in [1.807, 2.05) is 11.0 Å². The van der Waals surface area contributed by atoms with Crippen LogP contribution in [-0.2, 0) is 4.74 Å². The van der Waals surface area contributed by atoms with Crippen LogP contribution in [0.2, 0.25) is 5.02 Å². The summed E-state index contributed by atoms with van der Waals surface area (Å²) < 4.78 is 6.24. The Kier molecular flexibility index (Phi) is 6.10. The van der Waals surface area contributed by atoms with Crippen molar-refractivity contribution in [3.63, 3.8) is 0 Å². The second-order valence-corrected chi connectivity index (χ2v) is 6.43.